The molecule has 0 saturated carbocycles. The summed E-state index contributed by atoms with van der Waals surface area (Å²) in [4.78, 5) is 0. The van der Waals surface area contributed by atoms with E-state index in [4.69, 9.17) is 4.42 Å². The Labute approximate surface area is 92.8 Å². The molecule has 1 N–H and O–H groups in total. The molecule has 5 heteroatoms. The molecule has 0 aliphatic carbocycles. The molecule has 92 valence electrons. The van der Waals surface area contributed by atoms with Crippen molar-refractivity contribution in [1.82, 2.24) is 5.32 Å². The molecule has 0 aliphatic heterocycles. The summed E-state index contributed by atoms with van der Waals surface area (Å²) in [5.74, 6) is 1.56. The van der Waals surface area contributed by atoms with Gasteiger partial charge < -0.3 is 9.73 Å². The Morgan fingerprint density at radius 3 is 2.56 bits per heavy atom. The number of hydrogen-bond donors (Lipinski definition) is 1. The van der Waals surface area contributed by atoms with Crippen molar-refractivity contribution >= 4 is 0 Å². The van der Waals surface area contributed by atoms with Crippen LogP contribution < -0.4 is 5.32 Å². The van der Waals surface area contributed by atoms with E-state index in [1.165, 1.54) is 0 Å². The van der Waals surface area contributed by atoms with Gasteiger partial charge in [-0.1, -0.05) is 0 Å². The van der Waals surface area contributed by atoms with Crippen LogP contribution in [0.25, 0.3) is 0 Å². The molecule has 0 radical (unpaired) electrons. The van der Waals surface area contributed by atoms with Crippen molar-refractivity contribution < 1.29 is 17.6 Å². The van der Waals surface area contributed by atoms with Gasteiger partial charge in [-0.3, -0.25) is 0 Å². The van der Waals surface area contributed by atoms with Crippen LogP contribution in [-0.2, 0) is 0 Å². The molecule has 0 aromatic carbocycles. The molecule has 0 saturated heterocycles. The van der Waals surface area contributed by atoms with Crippen LogP contribution in [0.5, 0.6) is 0 Å². The van der Waals surface area contributed by atoms with Gasteiger partial charge in [0.15, 0.2) is 0 Å². The minimum atomic E-state index is -4.06. The van der Waals surface area contributed by atoms with Gasteiger partial charge in [0.2, 0.25) is 0 Å². The van der Waals surface area contributed by atoms with E-state index < -0.39 is 12.6 Å². The zero-order chi connectivity index (χ0) is 12.2. The number of aryl methyl sites for hydroxylation is 1. The molecule has 1 unspecified atom stereocenters. The van der Waals surface area contributed by atoms with Crippen LogP contribution >= 0.6 is 0 Å². The summed E-state index contributed by atoms with van der Waals surface area (Å²) in [5.41, 5.74) is 0. The number of hydrogen-bond acceptors (Lipinski definition) is 2. The lowest BCUT2D eigenvalue weighted by molar-refractivity contribution is -0.135. The summed E-state index contributed by atoms with van der Waals surface area (Å²) in [5, 5.41) is 2.99. The fourth-order valence-electron chi connectivity index (χ4n) is 1.39. The molecule has 1 atom stereocenters. The highest BCUT2D eigenvalue weighted by atomic mass is 19.4. The Morgan fingerprint density at radius 2 is 2.06 bits per heavy atom. The molecule has 0 amide bonds. The molecule has 16 heavy (non-hydrogen) atoms. The van der Waals surface area contributed by atoms with E-state index in [1.807, 2.05) is 26.0 Å². The van der Waals surface area contributed by atoms with E-state index in [9.17, 15) is 13.2 Å². The van der Waals surface area contributed by atoms with Gasteiger partial charge in [-0.05, 0) is 38.9 Å². The number of alkyl halides is 3. The number of rotatable bonds is 5. The van der Waals surface area contributed by atoms with Crippen LogP contribution in [-0.4, -0.2) is 12.7 Å². The summed E-state index contributed by atoms with van der Waals surface area (Å²) < 4.78 is 40.9. The fraction of sp³-hybridized carbons (Fsp3) is 0.636. The van der Waals surface area contributed by atoms with Crippen molar-refractivity contribution in [2.24, 2.45) is 0 Å². The standard InChI is InChI=1S/C11H16F3NO/c1-8-4-5-10(16-8)9(2)15-7-3-6-11(12,13)14/h4-5,9,15H,3,6-7H2,1-2H3. The minimum absolute atomic E-state index is 0.0538. The van der Waals surface area contributed by atoms with Crippen LogP contribution in [0.1, 0.15) is 37.3 Å². The Hall–Kier alpha value is -0.970. The Balaban J connectivity index is 2.23. The second-order valence-electron chi connectivity index (χ2n) is 3.84. The van der Waals surface area contributed by atoms with Crippen molar-refractivity contribution in [3.63, 3.8) is 0 Å². The van der Waals surface area contributed by atoms with Gasteiger partial charge in [0.05, 0.1) is 6.04 Å². The largest absolute Gasteiger partial charge is 0.465 e. The smallest absolute Gasteiger partial charge is 0.389 e. The predicted molar refractivity (Wildman–Crippen MR) is 55.2 cm³/mol. The average molecular weight is 235 g/mol. The molecule has 1 aromatic rings. The number of furan rings is 1. The highest BCUT2D eigenvalue weighted by Crippen LogP contribution is 2.21. The normalized spacial score (nSPS) is 14.1. The van der Waals surface area contributed by atoms with Crippen molar-refractivity contribution in [2.45, 2.75) is 38.9 Å². The van der Waals surface area contributed by atoms with Crippen LogP contribution in [0.15, 0.2) is 16.5 Å². The van der Waals surface area contributed by atoms with E-state index >= 15 is 0 Å². The number of nitrogens with one attached hydrogen (secondary N) is 1. The highest BCUT2D eigenvalue weighted by Gasteiger charge is 2.25. The molecular formula is C11H16F3NO. The molecule has 1 aromatic heterocycles. The molecule has 0 spiro atoms. The van der Waals surface area contributed by atoms with Gasteiger partial charge in [-0.2, -0.15) is 13.2 Å². The van der Waals surface area contributed by atoms with E-state index in [2.05, 4.69) is 5.32 Å². The minimum Gasteiger partial charge on any atom is -0.465 e. The van der Waals surface area contributed by atoms with Crippen molar-refractivity contribution in [2.75, 3.05) is 6.54 Å². The van der Waals surface area contributed by atoms with Crippen molar-refractivity contribution in [1.29, 1.82) is 0 Å². The van der Waals surface area contributed by atoms with E-state index in [0.717, 1.165) is 11.5 Å². The van der Waals surface area contributed by atoms with Crippen LogP contribution in [0.2, 0.25) is 0 Å². The lowest BCUT2D eigenvalue weighted by atomic mass is 10.2. The summed E-state index contributed by atoms with van der Waals surface area (Å²) in [6.07, 6.45) is -4.72. The lowest BCUT2D eigenvalue weighted by Gasteiger charge is -2.12. The van der Waals surface area contributed by atoms with Gasteiger partial charge in [0, 0.05) is 6.42 Å². The predicted octanol–water partition coefficient (Wildman–Crippen LogP) is 3.58. The van der Waals surface area contributed by atoms with Crippen LogP contribution in [0.4, 0.5) is 13.2 Å². The van der Waals surface area contributed by atoms with Gasteiger partial charge in [0.1, 0.15) is 11.5 Å². The zero-order valence-corrected chi connectivity index (χ0v) is 9.40. The van der Waals surface area contributed by atoms with Gasteiger partial charge in [-0.15, -0.1) is 0 Å². The first-order valence-electron chi connectivity index (χ1n) is 5.25. The van der Waals surface area contributed by atoms with E-state index in [-0.39, 0.29) is 12.5 Å². The first-order chi connectivity index (χ1) is 7.38. The highest BCUT2D eigenvalue weighted by molar-refractivity contribution is 5.08. The topological polar surface area (TPSA) is 25.2 Å². The second kappa shape index (κ2) is 5.39. The molecule has 0 fully saturated rings. The Kier molecular flexibility index (Phi) is 4.41. The zero-order valence-electron chi connectivity index (χ0n) is 9.40. The van der Waals surface area contributed by atoms with Crippen LogP contribution in [0, 0.1) is 6.92 Å². The third kappa shape index (κ3) is 4.70. The lowest BCUT2D eigenvalue weighted by Crippen LogP contribution is -2.21. The molecule has 0 bridgehead atoms. The Morgan fingerprint density at radius 1 is 1.38 bits per heavy atom. The third-order valence-corrected chi connectivity index (χ3v) is 2.28. The van der Waals surface area contributed by atoms with Gasteiger partial charge in [-0.25, -0.2) is 0 Å². The van der Waals surface area contributed by atoms with Gasteiger partial charge >= 0.3 is 6.18 Å². The molecule has 1 rings (SSSR count). The monoisotopic (exact) mass is 235 g/mol. The molecular weight excluding hydrogens is 219 g/mol. The first kappa shape index (κ1) is 13.1. The average Bonchev–Trinajstić information content (AvgIpc) is 2.57. The maximum Gasteiger partial charge on any atom is 0.389 e. The van der Waals surface area contributed by atoms with Gasteiger partial charge in [0.25, 0.3) is 0 Å². The molecule has 1 heterocycles. The quantitative estimate of drug-likeness (QED) is 0.789. The second-order valence-corrected chi connectivity index (χ2v) is 3.84. The van der Waals surface area contributed by atoms with E-state index in [0.29, 0.717) is 6.54 Å². The van der Waals surface area contributed by atoms with Crippen molar-refractivity contribution in [3.8, 4) is 0 Å². The maximum atomic E-state index is 11.9. The number of halogens is 3. The van der Waals surface area contributed by atoms with Crippen molar-refractivity contribution in [3.05, 3.63) is 23.7 Å². The summed E-state index contributed by atoms with van der Waals surface area (Å²) in [6, 6.07) is 3.61. The first-order valence-corrected chi connectivity index (χ1v) is 5.25. The molecule has 2 nitrogen and oxygen atoms in total. The summed E-state index contributed by atoms with van der Waals surface area (Å²) in [6.45, 7) is 4.03. The third-order valence-electron chi connectivity index (χ3n) is 2.28. The SMILES string of the molecule is Cc1ccc(C(C)NCCCC(F)(F)F)o1. The summed E-state index contributed by atoms with van der Waals surface area (Å²) >= 11 is 0. The summed E-state index contributed by atoms with van der Waals surface area (Å²) in [7, 11) is 0. The fourth-order valence-corrected chi connectivity index (χ4v) is 1.39. The van der Waals surface area contributed by atoms with E-state index in [1.54, 1.807) is 0 Å². The maximum absolute atomic E-state index is 11.9. The Bertz CT molecular complexity index is 319. The van der Waals surface area contributed by atoms with Crippen LogP contribution in [0.3, 0.4) is 0 Å². The molecule has 0 aliphatic rings.